The molecule has 0 aliphatic carbocycles. The van der Waals surface area contributed by atoms with Crippen molar-refractivity contribution < 1.29 is 9.53 Å². The molecule has 0 spiro atoms. The van der Waals surface area contributed by atoms with Gasteiger partial charge in [0.05, 0.1) is 23.6 Å². The first-order valence-corrected chi connectivity index (χ1v) is 11.2. The minimum atomic E-state index is -0.179. The number of ether oxygens (including phenoxy) is 1. The molecular weight excluding hydrogens is 434 g/mol. The number of carbonyl (C=O) groups excluding carboxylic acids is 1. The Balaban J connectivity index is 1.46. The number of benzene rings is 3. The molecule has 5 nitrogen and oxygen atoms in total. The van der Waals surface area contributed by atoms with E-state index in [1.807, 2.05) is 61.0 Å². The van der Waals surface area contributed by atoms with Crippen molar-refractivity contribution in [3.8, 4) is 5.75 Å². The highest BCUT2D eigenvalue weighted by molar-refractivity contribution is 6.30. The van der Waals surface area contributed by atoms with Crippen molar-refractivity contribution in [3.05, 3.63) is 111 Å². The minimum absolute atomic E-state index is 0.179. The third-order valence-electron chi connectivity index (χ3n) is 5.59. The lowest BCUT2D eigenvalue weighted by Crippen LogP contribution is -2.14. The largest absolute Gasteiger partial charge is 0.489 e. The molecule has 0 aliphatic rings. The predicted molar refractivity (Wildman–Crippen MR) is 132 cm³/mol. The van der Waals surface area contributed by atoms with Gasteiger partial charge in [-0.2, -0.15) is 5.10 Å². The van der Waals surface area contributed by atoms with Crippen molar-refractivity contribution in [3.63, 3.8) is 0 Å². The Bertz CT molecular complexity index is 1300. The summed E-state index contributed by atoms with van der Waals surface area (Å²) in [5, 5.41) is 8.32. The van der Waals surface area contributed by atoms with Gasteiger partial charge in [0.2, 0.25) is 0 Å². The number of anilines is 1. The normalized spacial score (nSPS) is 10.8. The van der Waals surface area contributed by atoms with E-state index in [2.05, 4.69) is 29.5 Å². The van der Waals surface area contributed by atoms with Crippen molar-refractivity contribution in [1.29, 1.82) is 0 Å². The number of nitrogens with zero attached hydrogens (tertiary/aromatic N) is 2. The number of halogens is 1. The van der Waals surface area contributed by atoms with Crippen LogP contribution in [0, 0.1) is 20.8 Å². The van der Waals surface area contributed by atoms with Crippen molar-refractivity contribution >= 4 is 23.2 Å². The Morgan fingerprint density at radius 1 is 1.00 bits per heavy atom. The Kier molecular flexibility index (Phi) is 6.80. The molecule has 1 N–H and O–H groups in total. The molecule has 0 radical (unpaired) electrons. The summed E-state index contributed by atoms with van der Waals surface area (Å²) < 4.78 is 7.74. The fourth-order valence-electron chi connectivity index (χ4n) is 3.69. The fraction of sp³-hybridized carbons (Fsp3) is 0.185. The van der Waals surface area contributed by atoms with Gasteiger partial charge in [0, 0.05) is 10.6 Å². The van der Waals surface area contributed by atoms with Crippen molar-refractivity contribution in [2.45, 2.75) is 33.9 Å². The first-order chi connectivity index (χ1) is 15.9. The zero-order valence-corrected chi connectivity index (χ0v) is 19.7. The van der Waals surface area contributed by atoms with E-state index >= 15 is 0 Å². The number of amides is 1. The molecule has 3 aromatic carbocycles. The van der Waals surface area contributed by atoms with Crippen LogP contribution in [0.3, 0.4) is 0 Å². The zero-order chi connectivity index (χ0) is 23.4. The molecular formula is C27H26ClN3O2. The lowest BCUT2D eigenvalue weighted by atomic mass is 10.1. The summed E-state index contributed by atoms with van der Waals surface area (Å²) >= 11 is 6.01. The Morgan fingerprint density at radius 3 is 2.58 bits per heavy atom. The predicted octanol–water partition coefficient (Wildman–Crippen LogP) is 6.34. The molecule has 1 aromatic heterocycles. The van der Waals surface area contributed by atoms with Crippen LogP contribution >= 0.6 is 11.6 Å². The maximum atomic E-state index is 13.0. The van der Waals surface area contributed by atoms with Crippen molar-refractivity contribution in [1.82, 2.24) is 9.78 Å². The van der Waals surface area contributed by atoms with Crippen LogP contribution < -0.4 is 10.1 Å². The van der Waals surface area contributed by atoms with E-state index < -0.39 is 0 Å². The van der Waals surface area contributed by atoms with Crippen LogP contribution in [-0.4, -0.2) is 15.7 Å². The molecule has 4 rings (SSSR count). The lowest BCUT2D eigenvalue weighted by Gasteiger charge is -2.10. The topological polar surface area (TPSA) is 56.2 Å². The Labute approximate surface area is 199 Å². The SMILES string of the molecule is Cc1ccccc1Cn1nc(C)c(NC(=O)c2cccc(COc3cccc(Cl)c3)c2)c1C. The average Bonchev–Trinajstić information content (AvgIpc) is 3.07. The zero-order valence-electron chi connectivity index (χ0n) is 18.9. The molecule has 6 heteroatoms. The van der Waals surface area contributed by atoms with E-state index in [0.717, 1.165) is 22.6 Å². The second-order valence-electron chi connectivity index (χ2n) is 8.03. The van der Waals surface area contributed by atoms with E-state index in [9.17, 15) is 4.79 Å². The second-order valence-corrected chi connectivity index (χ2v) is 8.47. The van der Waals surface area contributed by atoms with Gasteiger partial charge >= 0.3 is 0 Å². The molecule has 0 aliphatic heterocycles. The first kappa shape index (κ1) is 22.6. The number of aryl methyl sites for hydroxylation is 2. The van der Waals surface area contributed by atoms with E-state index in [1.165, 1.54) is 11.1 Å². The van der Waals surface area contributed by atoms with Crippen LogP contribution in [0.2, 0.25) is 5.02 Å². The van der Waals surface area contributed by atoms with Gasteiger partial charge in [0.1, 0.15) is 12.4 Å². The van der Waals surface area contributed by atoms with Gasteiger partial charge in [-0.05, 0) is 67.8 Å². The van der Waals surface area contributed by atoms with E-state index in [-0.39, 0.29) is 5.91 Å². The summed E-state index contributed by atoms with van der Waals surface area (Å²) in [4.78, 5) is 13.0. The molecule has 33 heavy (non-hydrogen) atoms. The Hall–Kier alpha value is -3.57. The third kappa shape index (κ3) is 5.44. The molecule has 1 amide bonds. The number of aromatic nitrogens is 2. The summed E-state index contributed by atoms with van der Waals surface area (Å²) in [7, 11) is 0. The van der Waals surface area contributed by atoms with E-state index in [0.29, 0.717) is 29.5 Å². The Morgan fingerprint density at radius 2 is 1.79 bits per heavy atom. The van der Waals surface area contributed by atoms with E-state index in [1.54, 1.807) is 18.2 Å². The minimum Gasteiger partial charge on any atom is -0.489 e. The highest BCUT2D eigenvalue weighted by Crippen LogP contribution is 2.23. The van der Waals surface area contributed by atoms with Crippen LogP contribution in [-0.2, 0) is 13.2 Å². The average molecular weight is 460 g/mol. The van der Waals surface area contributed by atoms with Crippen LogP contribution in [0.1, 0.15) is 38.4 Å². The highest BCUT2D eigenvalue weighted by Gasteiger charge is 2.16. The molecule has 1 heterocycles. The first-order valence-electron chi connectivity index (χ1n) is 10.8. The molecule has 168 valence electrons. The van der Waals surface area contributed by atoms with Gasteiger partial charge in [-0.15, -0.1) is 0 Å². The molecule has 0 saturated heterocycles. The number of hydrogen-bond acceptors (Lipinski definition) is 3. The third-order valence-corrected chi connectivity index (χ3v) is 5.83. The van der Waals surface area contributed by atoms with Crippen molar-refractivity contribution in [2.24, 2.45) is 0 Å². The maximum Gasteiger partial charge on any atom is 0.255 e. The summed E-state index contributed by atoms with van der Waals surface area (Å²) in [6.45, 7) is 6.97. The molecule has 4 aromatic rings. The van der Waals surface area contributed by atoms with Gasteiger partial charge in [0.15, 0.2) is 0 Å². The summed E-state index contributed by atoms with van der Waals surface area (Å²) in [5.41, 5.74) is 6.33. The monoisotopic (exact) mass is 459 g/mol. The summed E-state index contributed by atoms with van der Waals surface area (Å²) in [6, 6.07) is 22.9. The molecule has 0 bridgehead atoms. The smallest absolute Gasteiger partial charge is 0.255 e. The second kappa shape index (κ2) is 9.92. The van der Waals surface area contributed by atoms with Crippen molar-refractivity contribution in [2.75, 3.05) is 5.32 Å². The molecule has 0 atom stereocenters. The number of carbonyl (C=O) groups is 1. The lowest BCUT2D eigenvalue weighted by molar-refractivity contribution is 0.102. The fourth-order valence-corrected chi connectivity index (χ4v) is 3.87. The number of hydrogen-bond donors (Lipinski definition) is 1. The van der Waals surface area contributed by atoms with Crippen LogP contribution in [0.4, 0.5) is 5.69 Å². The maximum absolute atomic E-state index is 13.0. The van der Waals surface area contributed by atoms with E-state index in [4.69, 9.17) is 16.3 Å². The van der Waals surface area contributed by atoms with Gasteiger partial charge in [0.25, 0.3) is 5.91 Å². The molecule has 0 saturated carbocycles. The number of rotatable bonds is 7. The van der Waals surface area contributed by atoms with Crippen LogP contribution in [0.25, 0.3) is 0 Å². The standard InChI is InChI=1S/C27H26ClN3O2/c1-18-8-4-5-10-23(18)16-31-20(3)26(19(2)30-31)29-27(32)22-11-6-9-21(14-22)17-33-25-13-7-12-24(28)15-25/h4-15H,16-17H2,1-3H3,(H,29,32). The highest BCUT2D eigenvalue weighted by atomic mass is 35.5. The van der Waals surface area contributed by atoms with Gasteiger partial charge in [-0.25, -0.2) is 0 Å². The van der Waals surface area contributed by atoms with Crippen LogP contribution in [0.5, 0.6) is 5.75 Å². The van der Waals surface area contributed by atoms with Gasteiger partial charge in [-0.3, -0.25) is 9.48 Å². The van der Waals surface area contributed by atoms with Gasteiger partial charge < -0.3 is 10.1 Å². The quantitative estimate of drug-likeness (QED) is 0.350. The van der Waals surface area contributed by atoms with Gasteiger partial charge in [-0.1, -0.05) is 54.1 Å². The summed E-state index contributed by atoms with van der Waals surface area (Å²) in [5.74, 6) is 0.505. The molecule has 0 fully saturated rings. The van der Waals surface area contributed by atoms with Crippen LogP contribution in [0.15, 0.2) is 72.8 Å². The number of nitrogens with one attached hydrogen (secondary N) is 1. The summed E-state index contributed by atoms with van der Waals surface area (Å²) in [6.07, 6.45) is 0. The molecule has 0 unspecified atom stereocenters.